The zero-order valence-corrected chi connectivity index (χ0v) is 8.34. The van der Waals surface area contributed by atoms with Gasteiger partial charge < -0.3 is 15.3 Å². The van der Waals surface area contributed by atoms with E-state index in [2.05, 4.69) is 5.32 Å². The Morgan fingerprint density at radius 3 is 2.85 bits per heavy atom. The van der Waals surface area contributed by atoms with Crippen molar-refractivity contribution in [2.75, 3.05) is 19.7 Å². The summed E-state index contributed by atoms with van der Waals surface area (Å²) in [6.45, 7) is 5.64. The average Bonchev–Trinajstić information content (AvgIpc) is 2.04. The van der Waals surface area contributed by atoms with Crippen molar-refractivity contribution in [3.63, 3.8) is 0 Å². The highest BCUT2D eigenvalue weighted by Crippen LogP contribution is 2.20. The topological polar surface area (TPSA) is 52.6 Å². The lowest BCUT2D eigenvalue weighted by Crippen LogP contribution is -2.56. The molecule has 0 aromatic carbocycles. The fourth-order valence-electron chi connectivity index (χ4n) is 1.62. The van der Waals surface area contributed by atoms with E-state index in [1.165, 1.54) is 0 Å². The summed E-state index contributed by atoms with van der Waals surface area (Å²) in [6.07, 6.45) is 1.61. The van der Waals surface area contributed by atoms with Crippen LogP contribution in [0.3, 0.4) is 0 Å². The molecule has 0 saturated carbocycles. The molecular weight excluding hydrogens is 168 g/mol. The minimum Gasteiger partial charge on any atom is -0.396 e. The van der Waals surface area contributed by atoms with E-state index < -0.39 is 0 Å². The normalized spacial score (nSPS) is 18.7. The van der Waals surface area contributed by atoms with Crippen LogP contribution in [-0.2, 0) is 0 Å². The van der Waals surface area contributed by atoms with Crippen molar-refractivity contribution in [3.05, 3.63) is 0 Å². The van der Waals surface area contributed by atoms with Crippen LogP contribution in [-0.4, -0.2) is 41.3 Å². The van der Waals surface area contributed by atoms with Gasteiger partial charge in [-0.2, -0.15) is 0 Å². The zero-order chi connectivity index (χ0) is 9.90. The molecule has 2 N–H and O–H groups in total. The van der Waals surface area contributed by atoms with Gasteiger partial charge in [0.1, 0.15) is 0 Å². The van der Waals surface area contributed by atoms with Crippen molar-refractivity contribution in [2.45, 2.75) is 32.2 Å². The van der Waals surface area contributed by atoms with Gasteiger partial charge in [0.25, 0.3) is 0 Å². The highest BCUT2D eigenvalue weighted by molar-refractivity contribution is 5.75. The second-order valence-electron chi connectivity index (χ2n) is 4.02. The Labute approximate surface area is 78.9 Å². The van der Waals surface area contributed by atoms with Crippen LogP contribution >= 0.6 is 0 Å². The number of carbonyl (C=O) groups is 1. The third-order valence-corrected chi connectivity index (χ3v) is 2.53. The van der Waals surface area contributed by atoms with Crippen molar-refractivity contribution in [1.29, 1.82) is 0 Å². The molecule has 0 aromatic heterocycles. The van der Waals surface area contributed by atoms with E-state index in [0.717, 1.165) is 19.5 Å². The minimum absolute atomic E-state index is 0.00954. The summed E-state index contributed by atoms with van der Waals surface area (Å²) in [5, 5.41) is 11.7. The Morgan fingerprint density at radius 2 is 2.31 bits per heavy atom. The molecule has 0 radical (unpaired) electrons. The number of rotatable bonds is 3. The van der Waals surface area contributed by atoms with Gasteiger partial charge in [-0.1, -0.05) is 0 Å². The predicted molar refractivity (Wildman–Crippen MR) is 50.5 cm³/mol. The van der Waals surface area contributed by atoms with Crippen LogP contribution in [0.15, 0.2) is 0 Å². The van der Waals surface area contributed by atoms with E-state index in [4.69, 9.17) is 5.11 Å². The molecule has 1 rings (SSSR count). The standard InChI is InChI=1S/C9H18N2O2/c1-9(2,4-7-12)11-6-3-5-10-8(11)13/h12H,3-7H2,1-2H3,(H,10,13). The quantitative estimate of drug-likeness (QED) is 0.676. The lowest BCUT2D eigenvalue weighted by molar-refractivity contribution is 0.0994. The van der Waals surface area contributed by atoms with Gasteiger partial charge in [-0.05, 0) is 26.7 Å². The number of hydrogen-bond donors (Lipinski definition) is 2. The lowest BCUT2D eigenvalue weighted by Gasteiger charge is -2.40. The first-order chi connectivity index (χ1) is 6.08. The molecule has 1 saturated heterocycles. The van der Waals surface area contributed by atoms with Crippen molar-refractivity contribution in [1.82, 2.24) is 10.2 Å². The number of nitrogens with zero attached hydrogens (tertiary/aromatic N) is 1. The molecule has 0 bridgehead atoms. The lowest BCUT2D eigenvalue weighted by atomic mass is 9.98. The molecule has 0 aliphatic carbocycles. The number of hydrogen-bond acceptors (Lipinski definition) is 2. The summed E-state index contributed by atoms with van der Waals surface area (Å²) < 4.78 is 0. The van der Waals surface area contributed by atoms with Gasteiger partial charge in [-0.15, -0.1) is 0 Å². The summed E-state index contributed by atoms with van der Waals surface area (Å²) >= 11 is 0. The third kappa shape index (κ3) is 2.34. The van der Waals surface area contributed by atoms with E-state index in [1.54, 1.807) is 4.90 Å². The first kappa shape index (κ1) is 10.3. The van der Waals surface area contributed by atoms with Crippen LogP contribution in [0.4, 0.5) is 4.79 Å². The third-order valence-electron chi connectivity index (χ3n) is 2.53. The van der Waals surface area contributed by atoms with Crippen LogP contribution in [0.25, 0.3) is 0 Å². The van der Waals surface area contributed by atoms with E-state index >= 15 is 0 Å². The Kier molecular flexibility index (Phi) is 3.14. The smallest absolute Gasteiger partial charge is 0.317 e. The van der Waals surface area contributed by atoms with Gasteiger partial charge in [0.15, 0.2) is 0 Å². The molecule has 1 aliphatic rings. The van der Waals surface area contributed by atoms with Crippen molar-refractivity contribution < 1.29 is 9.90 Å². The van der Waals surface area contributed by atoms with Crippen LogP contribution in [0.5, 0.6) is 0 Å². The first-order valence-corrected chi connectivity index (χ1v) is 4.74. The summed E-state index contributed by atoms with van der Waals surface area (Å²) in [4.78, 5) is 13.2. The van der Waals surface area contributed by atoms with E-state index in [1.807, 2.05) is 13.8 Å². The Hall–Kier alpha value is -0.770. The molecule has 13 heavy (non-hydrogen) atoms. The predicted octanol–water partition coefficient (Wildman–Crippen LogP) is 0.563. The van der Waals surface area contributed by atoms with Gasteiger partial charge in [0.2, 0.25) is 0 Å². The van der Waals surface area contributed by atoms with Crippen LogP contribution in [0.2, 0.25) is 0 Å². The Bertz CT molecular complexity index is 192. The maximum Gasteiger partial charge on any atom is 0.317 e. The molecule has 4 nitrogen and oxygen atoms in total. The van der Waals surface area contributed by atoms with Gasteiger partial charge in [-0.3, -0.25) is 0 Å². The van der Waals surface area contributed by atoms with E-state index in [-0.39, 0.29) is 18.2 Å². The Morgan fingerprint density at radius 1 is 1.62 bits per heavy atom. The number of aliphatic hydroxyl groups is 1. The SMILES string of the molecule is CC(C)(CCO)N1CCCNC1=O. The average molecular weight is 186 g/mol. The van der Waals surface area contributed by atoms with Gasteiger partial charge in [0.05, 0.1) is 0 Å². The minimum atomic E-state index is -0.237. The first-order valence-electron chi connectivity index (χ1n) is 4.74. The number of amides is 2. The molecule has 1 heterocycles. The molecule has 4 heteroatoms. The molecule has 2 amide bonds. The van der Waals surface area contributed by atoms with Gasteiger partial charge in [-0.25, -0.2) is 4.79 Å². The molecule has 1 aliphatic heterocycles. The fraction of sp³-hybridized carbons (Fsp3) is 0.889. The molecular formula is C9H18N2O2. The molecule has 0 atom stereocenters. The zero-order valence-electron chi connectivity index (χ0n) is 8.34. The highest BCUT2D eigenvalue weighted by Gasteiger charge is 2.31. The van der Waals surface area contributed by atoms with Crippen LogP contribution in [0, 0.1) is 0 Å². The van der Waals surface area contributed by atoms with Crippen LogP contribution in [0.1, 0.15) is 26.7 Å². The number of aliphatic hydroxyl groups excluding tert-OH is 1. The summed E-state index contributed by atoms with van der Waals surface area (Å²) in [5.74, 6) is 0. The molecule has 0 unspecified atom stereocenters. The van der Waals surface area contributed by atoms with E-state index in [9.17, 15) is 4.79 Å². The second kappa shape index (κ2) is 3.96. The number of nitrogens with one attached hydrogen (secondary N) is 1. The molecule has 76 valence electrons. The molecule has 0 spiro atoms. The maximum atomic E-state index is 11.4. The second-order valence-corrected chi connectivity index (χ2v) is 4.02. The van der Waals surface area contributed by atoms with Gasteiger partial charge >= 0.3 is 6.03 Å². The van der Waals surface area contributed by atoms with Crippen molar-refractivity contribution in [3.8, 4) is 0 Å². The van der Waals surface area contributed by atoms with Crippen molar-refractivity contribution in [2.24, 2.45) is 0 Å². The largest absolute Gasteiger partial charge is 0.396 e. The summed E-state index contributed by atoms with van der Waals surface area (Å²) in [7, 11) is 0. The van der Waals surface area contributed by atoms with Crippen molar-refractivity contribution >= 4 is 6.03 Å². The maximum absolute atomic E-state index is 11.4. The fourth-order valence-corrected chi connectivity index (χ4v) is 1.62. The molecule has 0 aromatic rings. The van der Waals surface area contributed by atoms with Crippen LogP contribution < -0.4 is 5.32 Å². The highest BCUT2D eigenvalue weighted by atomic mass is 16.3. The molecule has 1 fully saturated rings. The number of carbonyl (C=O) groups excluding carboxylic acids is 1. The monoisotopic (exact) mass is 186 g/mol. The van der Waals surface area contributed by atoms with Gasteiger partial charge in [0, 0.05) is 25.2 Å². The van der Waals surface area contributed by atoms with E-state index in [0.29, 0.717) is 6.42 Å². The number of urea groups is 1. The summed E-state index contributed by atoms with van der Waals surface area (Å²) in [5.41, 5.74) is -0.237. The Balaban J connectivity index is 2.61. The summed E-state index contributed by atoms with van der Waals surface area (Å²) in [6, 6.07) is -0.00954.